The van der Waals surface area contributed by atoms with Gasteiger partial charge in [0.25, 0.3) is 5.91 Å². The maximum atomic E-state index is 13.1. The molecule has 2 aliphatic rings. The lowest BCUT2D eigenvalue weighted by Gasteiger charge is -2.36. The van der Waals surface area contributed by atoms with Gasteiger partial charge in [-0.3, -0.25) is 14.5 Å². The monoisotopic (exact) mass is 405 g/mol. The first-order chi connectivity index (χ1) is 14.5. The van der Waals surface area contributed by atoms with E-state index in [2.05, 4.69) is 10.6 Å². The molecule has 2 N–H and O–H groups in total. The molecule has 2 aromatic rings. The second-order valence-corrected chi connectivity index (χ2v) is 8.31. The molecule has 6 heteroatoms. The minimum Gasteiger partial charge on any atom is -0.324 e. The molecule has 1 heterocycles. The zero-order chi connectivity index (χ0) is 21.1. The van der Waals surface area contributed by atoms with E-state index >= 15 is 0 Å². The van der Waals surface area contributed by atoms with Gasteiger partial charge in [-0.25, -0.2) is 4.79 Å². The van der Waals surface area contributed by atoms with Gasteiger partial charge in [-0.2, -0.15) is 0 Å². The summed E-state index contributed by atoms with van der Waals surface area (Å²) in [5, 5.41) is 5.78. The Labute approximate surface area is 176 Å². The van der Waals surface area contributed by atoms with E-state index in [1.54, 1.807) is 0 Å². The van der Waals surface area contributed by atoms with E-state index in [9.17, 15) is 14.4 Å². The molecule has 0 bridgehead atoms. The van der Waals surface area contributed by atoms with E-state index in [0.717, 1.165) is 35.3 Å². The SMILES string of the molecule is C[C@H]1CCCC[C@@]12NC(=O)N(CC(=O)Nc1ccccc1Cc1ccccc1)C2=O. The Morgan fingerprint density at radius 1 is 1.10 bits per heavy atom. The molecule has 30 heavy (non-hydrogen) atoms. The molecule has 4 rings (SSSR count). The molecule has 156 valence electrons. The van der Waals surface area contributed by atoms with Crippen LogP contribution in [0.1, 0.15) is 43.7 Å². The van der Waals surface area contributed by atoms with Crippen LogP contribution in [0.5, 0.6) is 0 Å². The van der Waals surface area contributed by atoms with Gasteiger partial charge in [0.15, 0.2) is 0 Å². The minimum atomic E-state index is -0.846. The molecule has 2 aromatic carbocycles. The van der Waals surface area contributed by atoms with Crippen LogP contribution in [0.2, 0.25) is 0 Å². The van der Waals surface area contributed by atoms with Crippen LogP contribution in [0.25, 0.3) is 0 Å². The molecule has 0 radical (unpaired) electrons. The lowest BCUT2D eigenvalue weighted by molar-refractivity contribution is -0.136. The third kappa shape index (κ3) is 3.82. The lowest BCUT2D eigenvalue weighted by Crippen LogP contribution is -2.54. The van der Waals surface area contributed by atoms with Gasteiger partial charge >= 0.3 is 6.03 Å². The van der Waals surface area contributed by atoms with E-state index in [1.807, 2.05) is 61.5 Å². The summed E-state index contributed by atoms with van der Waals surface area (Å²) >= 11 is 0. The van der Waals surface area contributed by atoms with Crippen molar-refractivity contribution in [1.82, 2.24) is 10.2 Å². The molecule has 1 saturated carbocycles. The molecule has 2 atom stereocenters. The highest BCUT2D eigenvalue weighted by atomic mass is 16.2. The minimum absolute atomic E-state index is 0.0716. The number of nitrogens with zero attached hydrogens (tertiary/aromatic N) is 1. The predicted molar refractivity (Wildman–Crippen MR) is 115 cm³/mol. The topological polar surface area (TPSA) is 78.5 Å². The number of amides is 4. The summed E-state index contributed by atoms with van der Waals surface area (Å²) in [6.07, 6.45) is 4.19. The van der Waals surface area contributed by atoms with Crippen LogP contribution < -0.4 is 10.6 Å². The fourth-order valence-corrected chi connectivity index (χ4v) is 4.58. The lowest BCUT2D eigenvalue weighted by atomic mass is 9.73. The number of carbonyl (C=O) groups is 3. The highest BCUT2D eigenvalue weighted by molar-refractivity contribution is 6.10. The summed E-state index contributed by atoms with van der Waals surface area (Å²) in [5.74, 6) is -0.575. The Morgan fingerprint density at radius 2 is 1.83 bits per heavy atom. The standard InChI is InChI=1S/C24H27N3O3/c1-17-9-7-8-14-24(17)22(29)27(23(30)26-24)16-21(28)25-20-13-6-5-12-19(20)15-18-10-3-2-4-11-18/h2-6,10-13,17H,7-9,14-16H2,1H3,(H,25,28)(H,26,30)/t17-,24+/m0/s1. The number of benzene rings is 2. The van der Waals surface area contributed by atoms with Gasteiger partial charge in [0, 0.05) is 5.69 Å². The molecule has 1 saturated heterocycles. The average Bonchev–Trinajstić information content (AvgIpc) is 2.97. The Hall–Kier alpha value is -3.15. The van der Waals surface area contributed by atoms with Gasteiger partial charge in [0.2, 0.25) is 5.91 Å². The highest BCUT2D eigenvalue weighted by Gasteiger charge is 2.55. The molecule has 1 spiro atoms. The van der Waals surface area contributed by atoms with Crippen LogP contribution in [-0.2, 0) is 16.0 Å². The molecular weight excluding hydrogens is 378 g/mol. The van der Waals surface area contributed by atoms with Gasteiger partial charge in [-0.05, 0) is 42.4 Å². The molecule has 1 aliphatic carbocycles. The van der Waals surface area contributed by atoms with Gasteiger partial charge in [0.1, 0.15) is 12.1 Å². The first-order valence-electron chi connectivity index (χ1n) is 10.6. The number of rotatable bonds is 5. The molecule has 2 fully saturated rings. The van der Waals surface area contributed by atoms with Crippen LogP contribution in [0.15, 0.2) is 54.6 Å². The Kier molecular flexibility index (Phi) is 5.57. The Morgan fingerprint density at radius 3 is 2.60 bits per heavy atom. The molecule has 0 aromatic heterocycles. The summed E-state index contributed by atoms with van der Waals surface area (Å²) in [6, 6.07) is 17.1. The highest BCUT2D eigenvalue weighted by Crippen LogP contribution is 2.38. The Bertz CT molecular complexity index is 959. The van der Waals surface area contributed by atoms with E-state index in [0.29, 0.717) is 18.5 Å². The van der Waals surface area contributed by atoms with Crippen molar-refractivity contribution in [2.24, 2.45) is 5.92 Å². The second-order valence-electron chi connectivity index (χ2n) is 8.31. The largest absolute Gasteiger partial charge is 0.325 e. The van der Waals surface area contributed by atoms with E-state index in [-0.39, 0.29) is 24.3 Å². The quantitative estimate of drug-likeness (QED) is 0.744. The zero-order valence-corrected chi connectivity index (χ0v) is 17.2. The van der Waals surface area contributed by atoms with Crippen LogP contribution >= 0.6 is 0 Å². The fourth-order valence-electron chi connectivity index (χ4n) is 4.58. The number of para-hydroxylation sites is 1. The normalized spacial score (nSPS) is 23.5. The van der Waals surface area contributed by atoms with Crippen molar-refractivity contribution >= 4 is 23.5 Å². The van der Waals surface area contributed by atoms with Crippen molar-refractivity contribution in [2.75, 3.05) is 11.9 Å². The average molecular weight is 405 g/mol. The van der Waals surface area contributed by atoms with E-state index in [4.69, 9.17) is 0 Å². The van der Waals surface area contributed by atoms with Gasteiger partial charge in [-0.1, -0.05) is 68.3 Å². The maximum absolute atomic E-state index is 13.1. The maximum Gasteiger partial charge on any atom is 0.325 e. The molecule has 0 unspecified atom stereocenters. The summed E-state index contributed by atoms with van der Waals surface area (Å²) in [4.78, 5) is 39.4. The third-order valence-corrected chi connectivity index (χ3v) is 6.33. The first kappa shape index (κ1) is 20.1. The number of hydrogen-bond donors (Lipinski definition) is 2. The number of hydrogen-bond acceptors (Lipinski definition) is 3. The van der Waals surface area contributed by atoms with Gasteiger partial charge in [0.05, 0.1) is 0 Å². The van der Waals surface area contributed by atoms with Crippen LogP contribution in [0, 0.1) is 5.92 Å². The summed E-state index contributed by atoms with van der Waals surface area (Å²) in [7, 11) is 0. The summed E-state index contributed by atoms with van der Waals surface area (Å²) in [5.41, 5.74) is 1.97. The molecule has 4 amide bonds. The molecule has 1 aliphatic heterocycles. The van der Waals surface area contributed by atoms with Crippen molar-refractivity contribution in [3.8, 4) is 0 Å². The third-order valence-electron chi connectivity index (χ3n) is 6.33. The number of anilines is 1. The summed E-state index contributed by atoms with van der Waals surface area (Å²) in [6.45, 7) is 1.72. The van der Waals surface area contributed by atoms with Crippen molar-refractivity contribution in [1.29, 1.82) is 0 Å². The first-order valence-corrected chi connectivity index (χ1v) is 10.6. The molecular formula is C24H27N3O3. The number of imide groups is 1. The smallest absolute Gasteiger partial charge is 0.324 e. The van der Waals surface area contributed by atoms with Crippen molar-refractivity contribution < 1.29 is 14.4 Å². The number of nitrogens with one attached hydrogen (secondary N) is 2. The second kappa shape index (κ2) is 8.30. The number of carbonyl (C=O) groups excluding carboxylic acids is 3. The zero-order valence-electron chi connectivity index (χ0n) is 17.2. The van der Waals surface area contributed by atoms with Crippen molar-refractivity contribution in [2.45, 2.75) is 44.6 Å². The Balaban J connectivity index is 1.45. The van der Waals surface area contributed by atoms with E-state index in [1.165, 1.54) is 0 Å². The predicted octanol–water partition coefficient (Wildman–Crippen LogP) is 3.72. The van der Waals surface area contributed by atoms with Crippen LogP contribution in [0.4, 0.5) is 10.5 Å². The van der Waals surface area contributed by atoms with E-state index < -0.39 is 11.6 Å². The molecule has 6 nitrogen and oxygen atoms in total. The van der Waals surface area contributed by atoms with Crippen molar-refractivity contribution in [3.63, 3.8) is 0 Å². The van der Waals surface area contributed by atoms with Crippen molar-refractivity contribution in [3.05, 3.63) is 65.7 Å². The summed E-state index contributed by atoms with van der Waals surface area (Å²) < 4.78 is 0. The van der Waals surface area contributed by atoms with Crippen LogP contribution in [-0.4, -0.2) is 34.8 Å². The van der Waals surface area contributed by atoms with Crippen LogP contribution in [0.3, 0.4) is 0 Å². The number of urea groups is 1. The fraction of sp³-hybridized carbons (Fsp3) is 0.375. The van der Waals surface area contributed by atoms with Gasteiger partial charge < -0.3 is 10.6 Å². The van der Waals surface area contributed by atoms with Gasteiger partial charge in [-0.15, -0.1) is 0 Å².